The van der Waals surface area contributed by atoms with E-state index in [9.17, 15) is 4.79 Å². The first-order chi connectivity index (χ1) is 9.02. The number of aromatic nitrogens is 2. The van der Waals surface area contributed by atoms with Gasteiger partial charge < -0.3 is 26.0 Å². The molecule has 19 heavy (non-hydrogen) atoms. The molecule has 0 saturated heterocycles. The number of methoxy groups -OCH3 is 1. The van der Waals surface area contributed by atoms with Crippen molar-refractivity contribution in [2.45, 2.75) is 13.5 Å². The number of nitrogens with two attached hydrogens (primary N) is 2. The zero-order valence-corrected chi connectivity index (χ0v) is 11.2. The van der Waals surface area contributed by atoms with Gasteiger partial charge in [0.2, 0.25) is 5.89 Å². The topological polar surface area (TPSA) is 129 Å². The second-order valence-corrected chi connectivity index (χ2v) is 4.68. The van der Waals surface area contributed by atoms with Crippen LogP contribution in [0.15, 0.2) is 4.52 Å². The van der Waals surface area contributed by atoms with E-state index in [0.717, 1.165) is 11.3 Å². The van der Waals surface area contributed by atoms with Gasteiger partial charge in [-0.15, -0.1) is 11.3 Å². The number of rotatable bonds is 5. The average Bonchev–Trinajstić information content (AvgIpc) is 2.90. The third kappa shape index (κ3) is 2.60. The zero-order chi connectivity index (χ0) is 14.0. The second kappa shape index (κ2) is 5.14. The molecule has 0 aromatic carbocycles. The van der Waals surface area contributed by atoms with E-state index in [0.29, 0.717) is 29.0 Å². The number of aryl methyl sites for hydroxylation is 1. The maximum absolute atomic E-state index is 11.2. The summed E-state index contributed by atoms with van der Waals surface area (Å²) < 4.78 is 10.1. The Hall–Kier alpha value is -2.29. The first-order valence-electron chi connectivity index (χ1n) is 5.32. The van der Waals surface area contributed by atoms with Crippen LogP contribution in [0.5, 0.6) is 5.75 Å². The number of carbonyl (C=O) groups is 1. The molecule has 2 heterocycles. The largest absolute Gasteiger partial charge is 0.492 e. The number of amides is 1. The van der Waals surface area contributed by atoms with Gasteiger partial charge in [-0.05, 0) is 6.92 Å². The van der Waals surface area contributed by atoms with Gasteiger partial charge in [-0.3, -0.25) is 4.79 Å². The molecule has 0 saturated carbocycles. The van der Waals surface area contributed by atoms with E-state index in [1.54, 1.807) is 6.92 Å². The lowest BCUT2D eigenvalue weighted by Gasteiger charge is -2.04. The van der Waals surface area contributed by atoms with E-state index < -0.39 is 5.91 Å². The van der Waals surface area contributed by atoms with Gasteiger partial charge in [0.1, 0.15) is 15.6 Å². The van der Waals surface area contributed by atoms with Gasteiger partial charge >= 0.3 is 0 Å². The maximum atomic E-state index is 11.2. The predicted octanol–water partition coefficient (Wildman–Crippen LogP) is 0.741. The van der Waals surface area contributed by atoms with Crippen LogP contribution in [0.3, 0.4) is 0 Å². The van der Waals surface area contributed by atoms with Crippen molar-refractivity contribution in [2.24, 2.45) is 5.73 Å². The summed E-state index contributed by atoms with van der Waals surface area (Å²) in [6.45, 7) is 2.03. The smallest absolute Gasteiger partial charge is 0.261 e. The summed E-state index contributed by atoms with van der Waals surface area (Å²) >= 11 is 1.12. The van der Waals surface area contributed by atoms with Crippen molar-refractivity contribution in [3.8, 4) is 5.75 Å². The molecule has 0 spiro atoms. The molecular weight excluding hydrogens is 270 g/mol. The van der Waals surface area contributed by atoms with Crippen LogP contribution < -0.4 is 21.5 Å². The van der Waals surface area contributed by atoms with Gasteiger partial charge in [0, 0.05) is 0 Å². The number of nitrogen functional groups attached to an aromatic ring is 1. The highest BCUT2D eigenvalue weighted by Crippen LogP contribution is 2.42. The summed E-state index contributed by atoms with van der Waals surface area (Å²) in [7, 11) is 1.46. The highest BCUT2D eigenvalue weighted by atomic mass is 32.1. The monoisotopic (exact) mass is 283 g/mol. The molecule has 0 radical (unpaired) electrons. The summed E-state index contributed by atoms with van der Waals surface area (Å²) in [5, 5.41) is 7.28. The Kier molecular flexibility index (Phi) is 3.56. The Bertz CT molecular complexity index is 606. The standard InChI is InChI=1S/C10H13N5O3S/c1-4-14-5(18-15-4)3-13-10-7(17-2)6(11)8(19-10)9(12)16/h13H,3,11H2,1-2H3,(H2,12,16). The zero-order valence-electron chi connectivity index (χ0n) is 10.4. The van der Waals surface area contributed by atoms with E-state index in [2.05, 4.69) is 15.5 Å². The Morgan fingerprint density at radius 1 is 1.58 bits per heavy atom. The van der Waals surface area contributed by atoms with Gasteiger partial charge in [-0.2, -0.15) is 4.98 Å². The van der Waals surface area contributed by atoms with E-state index in [-0.39, 0.29) is 10.6 Å². The third-order valence-electron chi connectivity index (χ3n) is 2.30. The van der Waals surface area contributed by atoms with Crippen molar-refractivity contribution in [2.75, 3.05) is 18.2 Å². The Morgan fingerprint density at radius 3 is 2.84 bits per heavy atom. The fourth-order valence-corrected chi connectivity index (χ4v) is 2.44. The number of hydrogen-bond donors (Lipinski definition) is 3. The fourth-order valence-electron chi connectivity index (χ4n) is 1.50. The number of carbonyl (C=O) groups excluding carboxylic acids is 1. The second-order valence-electron chi connectivity index (χ2n) is 3.66. The summed E-state index contributed by atoms with van der Waals surface area (Å²) in [6, 6.07) is 0. The van der Waals surface area contributed by atoms with Gasteiger partial charge in [0.15, 0.2) is 11.6 Å². The van der Waals surface area contributed by atoms with E-state index >= 15 is 0 Å². The van der Waals surface area contributed by atoms with Crippen LogP contribution in [0.4, 0.5) is 10.7 Å². The molecule has 0 fully saturated rings. The Labute approximate surface area is 112 Å². The highest BCUT2D eigenvalue weighted by Gasteiger charge is 2.20. The van der Waals surface area contributed by atoms with Crippen molar-refractivity contribution in [3.05, 3.63) is 16.6 Å². The maximum Gasteiger partial charge on any atom is 0.261 e. The highest BCUT2D eigenvalue weighted by molar-refractivity contribution is 7.19. The SMILES string of the molecule is COc1c(NCc2nc(C)no2)sc(C(N)=O)c1N. The molecule has 0 atom stereocenters. The molecule has 2 aromatic heterocycles. The summed E-state index contributed by atoms with van der Waals surface area (Å²) in [6.07, 6.45) is 0. The van der Waals surface area contributed by atoms with E-state index in [1.165, 1.54) is 7.11 Å². The number of primary amides is 1. The molecule has 0 bridgehead atoms. The Balaban J connectivity index is 2.20. The van der Waals surface area contributed by atoms with Crippen LogP contribution in [0.25, 0.3) is 0 Å². The van der Waals surface area contributed by atoms with Crippen molar-refractivity contribution >= 4 is 27.9 Å². The predicted molar refractivity (Wildman–Crippen MR) is 70.2 cm³/mol. The van der Waals surface area contributed by atoms with Crippen LogP contribution in [-0.2, 0) is 6.54 Å². The first kappa shape index (κ1) is 13.1. The number of nitrogens with zero attached hydrogens (tertiary/aromatic N) is 2. The van der Waals surface area contributed by atoms with Crippen LogP contribution in [0, 0.1) is 6.92 Å². The van der Waals surface area contributed by atoms with Crippen LogP contribution >= 0.6 is 11.3 Å². The molecule has 1 amide bonds. The normalized spacial score (nSPS) is 10.4. The van der Waals surface area contributed by atoms with Crippen LogP contribution in [0.1, 0.15) is 21.4 Å². The molecule has 0 unspecified atom stereocenters. The minimum atomic E-state index is -0.595. The van der Waals surface area contributed by atoms with Crippen molar-refractivity contribution < 1.29 is 14.1 Å². The van der Waals surface area contributed by atoms with E-state index in [1.807, 2.05) is 0 Å². The van der Waals surface area contributed by atoms with E-state index in [4.69, 9.17) is 20.7 Å². The first-order valence-corrected chi connectivity index (χ1v) is 6.13. The van der Waals surface area contributed by atoms with Crippen LogP contribution in [0.2, 0.25) is 0 Å². The van der Waals surface area contributed by atoms with Gasteiger partial charge in [0.05, 0.1) is 13.7 Å². The molecule has 2 rings (SSSR count). The molecular formula is C10H13N5O3S. The lowest BCUT2D eigenvalue weighted by molar-refractivity contribution is 0.100. The molecule has 102 valence electrons. The van der Waals surface area contributed by atoms with Crippen molar-refractivity contribution in [1.29, 1.82) is 0 Å². The van der Waals surface area contributed by atoms with Gasteiger partial charge in [-0.25, -0.2) is 0 Å². The summed E-state index contributed by atoms with van der Waals surface area (Å²) in [5.74, 6) is 0.761. The van der Waals surface area contributed by atoms with Crippen molar-refractivity contribution in [3.63, 3.8) is 0 Å². The number of anilines is 2. The van der Waals surface area contributed by atoms with Crippen molar-refractivity contribution in [1.82, 2.24) is 10.1 Å². The third-order valence-corrected chi connectivity index (χ3v) is 3.46. The minimum Gasteiger partial charge on any atom is -0.492 e. The average molecular weight is 283 g/mol. The van der Waals surface area contributed by atoms with Crippen LogP contribution in [-0.4, -0.2) is 23.2 Å². The molecule has 5 N–H and O–H groups in total. The molecule has 0 aliphatic heterocycles. The minimum absolute atomic E-state index is 0.226. The Morgan fingerprint density at radius 2 is 2.32 bits per heavy atom. The van der Waals surface area contributed by atoms with Gasteiger partial charge in [-0.1, -0.05) is 5.16 Å². The molecule has 8 nitrogen and oxygen atoms in total. The molecule has 2 aromatic rings. The number of nitrogens with one attached hydrogen (secondary N) is 1. The molecule has 0 aliphatic carbocycles. The molecule has 9 heteroatoms. The number of hydrogen-bond acceptors (Lipinski definition) is 8. The lowest BCUT2D eigenvalue weighted by Crippen LogP contribution is -2.10. The van der Waals surface area contributed by atoms with Gasteiger partial charge in [0.25, 0.3) is 5.91 Å². The number of thiophene rings is 1. The quantitative estimate of drug-likeness (QED) is 0.737. The number of ether oxygens (including phenoxy) is 1. The molecule has 0 aliphatic rings. The lowest BCUT2D eigenvalue weighted by atomic mass is 10.3. The summed E-state index contributed by atoms with van der Waals surface area (Å²) in [5.41, 5.74) is 11.2. The summed E-state index contributed by atoms with van der Waals surface area (Å²) in [4.78, 5) is 15.5. The fraction of sp³-hybridized carbons (Fsp3) is 0.300.